The average Bonchev–Trinajstić information content (AvgIpc) is 3.12. The lowest BCUT2D eigenvalue weighted by Gasteiger charge is -2.16. The molecule has 3 rings (SSSR count). The van der Waals surface area contributed by atoms with Crippen molar-refractivity contribution in [1.29, 1.82) is 0 Å². The summed E-state index contributed by atoms with van der Waals surface area (Å²) < 4.78 is 6.09. The molecular formula is C20H28N2O3. The highest BCUT2D eigenvalue weighted by molar-refractivity contribution is 5.82. The van der Waals surface area contributed by atoms with Crippen LogP contribution >= 0.6 is 0 Å². The van der Waals surface area contributed by atoms with Crippen molar-refractivity contribution in [3.63, 3.8) is 0 Å². The topological polar surface area (TPSA) is 67.4 Å². The number of ether oxygens (including phenoxy) is 1. The molecule has 0 aromatic heterocycles. The van der Waals surface area contributed by atoms with Gasteiger partial charge in [0.05, 0.1) is 6.10 Å². The van der Waals surface area contributed by atoms with Gasteiger partial charge in [0.15, 0.2) is 0 Å². The van der Waals surface area contributed by atoms with Gasteiger partial charge < -0.3 is 15.4 Å². The average molecular weight is 344 g/mol. The maximum absolute atomic E-state index is 12.0. The highest BCUT2D eigenvalue weighted by Gasteiger charge is 2.38. The van der Waals surface area contributed by atoms with Crippen LogP contribution in [0.25, 0.3) is 0 Å². The van der Waals surface area contributed by atoms with Crippen LogP contribution in [-0.4, -0.2) is 24.5 Å². The van der Waals surface area contributed by atoms with E-state index in [0.717, 1.165) is 30.6 Å². The third-order valence-electron chi connectivity index (χ3n) is 5.14. The monoisotopic (exact) mass is 344 g/mol. The maximum Gasteiger partial charge on any atom is 0.223 e. The van der Waals surface area contributed by atoms with Gasteiger partial charge in [-0.05, 0) is 44.1 Å². The lowest BCUT2D eigenvalue weighted by molar-refractivity contribution is -0.123. The van der Waals surface area contributed by atoms with Crippen molar-refractivity contribution in [2.75, 3.05) is 6.54 Å². The van der Waals surface area contributed by atoms with Crippen molar-refractivity contribution in [3.8, 4) is 5.75 Å². The van der Waals surface area contributed by atoms with E-state index < -0.39 is 0 Å². The first-order chi connectivity index (χ1) is 12.1. The van der Waals surface area contributed by atoms with Gasteiger partial charge in [0.1, 0.15) is 5.75 Å². The quantitative estimate of drug-likeness (QED) is 0.762. The molecule has 5 nitrogen and oxygen atoms in total. The van der Waals surface area contributed by atoms with E-state index in [9.17, 15) is 9.59 Å². The fourth-order valence-electron chi connectivity index (χ4n) is 3.35. The molecular weight excluding hydrogens is 316 g/mol. The Labute approximate surface area is 149 Å². The Balaban J connectivity index is 1.40. The minimum absolute atomic E-state index is 0.0557. The van der Waals surface area contributed by atoms with E-state index in [1.807, 2.05) is 24.3 Å². The van der Waals surface area contributed by atoms with Crippen LogP contribution in [-0.2, 0) is 16.1 Å². The highest BCUT2D eigenvalue weighted by atomic mass is 16.5. The SMILES string of the molecule is C[C@H]1C[C@@H]1C(=O)NCCC(=O)NCc1ccccc1OC1CCCC1. The minimum Gasteiger partial charge on any atom is -0.490 e. The van der Waals surface area contributed by atoms with Crippen LogP contribution in [0.5, 0.6) is 5.75 Å². The predicted octanol–water partition coefficient (Wildman–Crippen LogP) is 2.79. The van der Waals surface area contributed by atoms with Crippen molar-refractivity contribution in [2.24, 2.45) is 11.8 Å². The number of rotatable bonds is 8. The Morgan fingerprint density at radius 2 is 1.88 bits per heavy atom. The van der Waals surface area contributed by atoms with Gasteiger partial charge in [-0.3, -0.25) is 9.59 Å². The van der Waals surface area contributed by atoms with Crippen molar-refractivity contribution >= 4 is 11.8 Å². The Morgan fingerprint density at radius 1 is 1.16 bits per heavy atom. The van der Waals surface area contributed by atoms with Gasteiger partial charge in [0.2, 0.25) is 11.8 Å². The number of amides is 2. The van der Waals surface area contributed by atoms with E-state index in [2.05, 4.69) is 17.6 Å². The molecule has 136 valence electrons. The first-order valence-corrected chi connectivity index (χ1v) is 9.42. The van der Waals surface area contributed by atoms with Crippen LogP contribution in [0.4, 0.5) is 0 Å². The lowest BCUT2D eigenvalue weighted by Crippen LogP contribution is -2.31. The summed E-state index contributed by atoms with van der Waals surface area (Å²) in [5.74, 6) is 1.54. The van der Waals surface area contributed by atoms with Crippen LogP contribution < -0.4 is 15.4 Å². The van der Waals surface area contributed by atoms with E-state index in [-0.39, 0.29) is 17.7 Å². The summed E-state index contributed by atoms with van der Waals surface area (Å²) in [6, 6.07) is 7.88. The molecule has 2 fully saturated rings. The number of benzene rings is 1. The third-order valence-corrected chi connectivity index (χ3v) is 5.14. The Hall–Kier alpha value is -2.04. The Bertz CT molecular complexity index is 611. The van der Waals surface area contributed by atoms with Crippen LogP contribution in [0.3, 0.4) is 0 Å². The van der Waals surface area contributed by atoms with Crippen LogP contribution in [0.15, 0.2) is 24.3 Å². The zero-order valence-electron chi connectivity index (χ0n) is 14.9. The molecule has 2 atom stereocenters. The second-order valence-corrected chi connectivity index (χ2v) is 7.27. The zero-order valence-corrected chi connectivity index (χ0v) is 14.9. The molecule has 1 aromatic carbocycles. The third kappa shape index (κ3) is 5.21. The second kappa shape index (κ2) is 8.37. The summed E-state index contributed by atoms with van der Waals surface area (Å²) in [4.78, 5) is 23.7. The summed E-state index contributed by atoms with van der Waals surface area (Å²) in [5, 5.41) is 5.76. The van der Waals surface area contributed by atoms with E-state index in [0.29, 0.717) is 31.5 Å². The number of nitrogens with one attached hydrogen (secondary N) is 2. The molecule has 2 N–H and O–H groups in total. The minimum atomic E-state index is -0.0557. The van der Waals surface area contributed by atoms with E-state index in [1.54, 1.807) is 0 Å². The van der Waals surface area contributed by atoms with Gasteiger partial charge in [0, 0.05) is 31.0 Å². The summed E-state index contributed by atoms with van der Waals surface area (Å²) in [5.41, 5.74) is 0.999. The summed E-state index contributed by atoms with van der Waals surface area (Å²) >= 11 is 0. The van der Waals surface area contributed by atoms with Gasteiger partial charge in [-0.25, -0.2) is 0 Å². The Kier molecular flexibility index (Phi) is 5.95. The van der Waals surface area contributed by atoms with Crippen molar-refractivity contribution in [1.82, 2.24) is 10.6 Å². The van der Waals surface area contributed by atoms with Crippen LogP contribution in [0, 0.1) is 11.8 Å². The molecule has 1 aromatic rings. The molecule has 0 saturated heterocycles. The van der Waals surface area contributed by atoms with Crippen LogP contribution in [0.1, 0.15) is 51.0 Å². The van der Waals surface area contributed by atoms with E-state index >= 15 is 0 Å². The molecule has 5 heteroatoms. The molecule has 2 saturated carbocycles. The number of carbonyl (C=O) groups excluding carboxylic acids is 2. The highest BCUT2D eigenvalue weighted by Crippen LogP contribution is 2.37. The molecule has 0 unspecified atom stereocenters. The number of carbonyl (C=O) groups is 2. The molecule has 0 bridgehead atoms. The van der Waals surface area contributed by atoms with Crippen LogP contribution in [0.2, 0.25) is 0 Å². The van der Waals surface area contributed by atoms with E-state index in [1.165, 1.54) is 12.8 Å². The molecule has 25 heavy (non-hydrogen) atoms. The van der Waals surface area contributed by atoms with Gasteiger partial charge in [0.25, 0.3) is 0 Å². The standard InChI is InChI=1S/C20H28N2O3/c1-14-12-17(14)20(24)21-11-10-19(23)22-13-15-6-2-5-9-18(15)25-16-7-3-4-8-16/h2,5-6,9,14,16-17H,3-4,7-8,10-13H2,1H3,(H,21,24)(H,22,23)/t14-,17-/m0/s1. The molecule has 0 aliphatic heterocycles. The molecule has 2 aliphatic rings. The summed E-state index contributed by atoms with van der Waals surface area (Å²) in [6.45, 7) is 2.92. The van der Waals surface area contributed by atoms with Gasteiger partial charge >= 0.3 is 0 Å². The lowest BCUT2D eigenvalue weighted by atomic mass is 10.2. The maximum atomic E-state index is 12.0. The normalized spacial score (nSPS) is 22.4. The number of hydrogen-bond acceptors (Lipinski definition) is 3. The van der Waals surface area contributed by atoms with Crippen molar-refractivity contribution in [3.05, 3.63) is 29.8 Å². The molecule has 0 heterocycles. The predicted molar refractivity (Wildman–Crippen MR) is 96.1 cm³/mol. The Morgan fingerprint density at radius 3 is 2.60 bits per heavy atom. The fourth-order valence-corrected chi connectivity index (χ4v) is 3.35. The van der Waals surface area contributed by atoms with Gasteiger partial charge in [-0.15, -0.1) is 0 Å². The van der Waals surface area contributed by atoms with E-state index in [4.69, 9.17) is 4.74 Å². The molecule has 0 radical (unpaired) electrons. The fraction of sp³-hybridized carbons (Fsp3) is 0.600. The largest absolute Gasteiger partial charge is 0.490 e. The van der Waals surface area contributed by atoms with Crippen molar-refractivity contribution in [2.45, 2.75) is 58.1 Å². The van der Waals surface area contributed by atoms with Crippen molar-refractivity contribution < 1.29 is 14.3 Å². The molecule has 2 aliphatic carbocycles. The summed E-state index contributed by atoms with van der Waals surface area (Å²) in [6.07, 6.45) is 6.26. The first kappa shape index (κ1) is 17.8. The smallest absolute Gasteiger partial charge is 0.223 e. The van der Waals surface area contributed by atoms with Gasteiger partial charge in [-0.2, -0.15) is 0 Å². The zero-order chi connectivity index (χ0) is 17.6. The molecule has 0 spiro atoms. The number of hydrogen-bond donors (Lipinski definition) is 2. The first-order valence-electron chi connectivity index (χ1n) is 9.42. The van der Waals surface area contributed by atoms with Gasteiger partial charge in [-0.1, -0.05) is 25.1 Å². The summed E-state index contributed by atoms with van der Waals surface area (Å²) in [7, 11) is 0. The molecule has 2 amide bonds. The number of para-hydroxylation sites is 1. The second-order valence-electron chi connectivity index (χ2n) is 7.27.